The number of hydrogen-bond donors (Lipinski definition) is 1. The maximum atomic E-state index is 13.3. The third-order valence-electron chi connectivity index (χ3n) is 6.42. The lowest BCUT2D eigenvalue weighted by molar-refractivity contribution is -0.147. The van der Waals surface area contributed by atoms with Crippen LogP contribution in [0.1, 0.15) is 26.7 Å². The minimum absolute atomic E-state index is 0.131. The quantitative estimate of drug-likeness (QED) is 0.438. The summed E-state index contributed by atoms with van der Waals surface area (Å²) in [5, 5.41) is 3.35. The first-order chi connectivity index (χ1) is 13.7. The molecule has 1 heterocycles. The van der Waals surface area contributed by atoms with E-state index in [4.69, 9.17) is 11.6 Å². The molecule has 5 nitrogen and oxygen atoms in total. The van der Waals surface area contributed by atoms with Crippen molar-refractivity contribution in [3.05, 3.63) is 29.3 Å². The lowest BCUT2D eigenvalue weighted by Crippen LogP contribution is -2.49. The van der Waals surface area contributed by atoms with Gasteiger partial charge in [0.1, 0.15) is 6.04 Å². The summed E-state index contributed by atoms with van der Waals surface area (Å²) >= 11 is 13.4. The van der Waals surface area contributed by atoms with Gasteiger partial charge in [0.15, 0.2) is 0 Å². The van der Waals surface area contributed by atoms with Gasteiger partial charge < -0.3 is 5.32 Å². The van der Waals surface area contributed by atoms with Crippen LogP contribution in [0.4, 0.5) is 5.69 Å². The van der Waals surface area contributed by atoms with Gasteiger partial charge in [-0.3, -0.25) is 19.3 Å². The molecule has 0 aromatic heterocycles. The van der Waals surface area contributed by atoms with Gasteiger partial charge in [0.05, 0.1) is 11.8 Å². The molecule has 2 saturated carbocycles. The van der Waals surface area contributed by atoms with Gasteiger partial charge >= 0.3 is 0 Å². The van der Waals surface area contributed by atoms with Crippen LogP contribution >= 0.6 is 43.5 Å². The fourth-order valence-electron chi connectivity index (χ4n) is 5.25. The Kier molecular flexibility index (Phi) is 5.86. The molecule has 3 fully saturated rings. The number of carbonyl (C=O) groups excluding carboxylic acids is 3. The Labute approximate surface area is 192 Å². The van der Waals surface area contributed by atoms with Crippen LogP contribution in [0.3, 0.4) is 0 Å². The summed E-state index contributed by atoms with van der Waals surface area (Å²) < 4.78 is 0. The first-order valence-corrected chi connectivity index (χ1v) is 12.1. The van der Waals surface area contributed by atoms with E-state index in [1.807, 2.05) is 13.8 Å². The Hall–Kier alpha value is -0.920. The maximum absolute atomic E-state index is 13.3. The normalized spacial score (nSPS) is 34.1. The number of nitrogens with one attached hydrogen (secondary N) is 1. The number of alkyl halides is 2. The van der Waals surface area contributed by atoms with E-state index < -0.39 is 6.04 Å². The molecule has 4 rings (SSSR count). The third-order valence-corrected chi connectivity index (χ3v) is 9.86. The van der Waals surface area contributed by atoms with Crippen LogP contribution in [0.25, 0.3) is 0 Å². The summed E-state index contributed by atoms with van der Waals surface area (Å²) in [6.07, 6.45) is 1.30. The van der Waals surface area contributed by atoms with E-state index >= 15 is 0 Å². The number of rotatable bonds is 5. The molecule has 156 valence electrons. The van der Waals surface area contributed by atoms with Gasteiger partial charge in [-0.1, -0.05) is 63.4 Å². The largest absolute Gasteiger partial charge is 0.324 e. The summed E-state index contributed by atoms with van der Waals surface area (Å²) in [5.41, 5.74) is 0.552. The molecule has 1 aliphatic heterocycles. The van der Waals surface area contributed by atoms with E-state index in [-0.39, 0.29) is 57.0 Å². The van der Waals surface area contributed by atoms with Crippen molar-refractivity contribution >= 4 is 66.9 Å². The van der Waals surface area contributed by atoms with Crippen molar-refractivity contribution in [1.29, 1.82) is 0 Å². The summed E-state index contributed by atoms with van der Waals surface area (Å²) in [6, 6.07) is 6.04. The van der Waals surface area contributed by atoms with E-state index in [2.05, 4.69) is 37.2 Å². The van der Waals surface area contributed by atoms with Gasteiger partial charge in [0.25, 0.3) is 0 Å². The lowest BCUT2D eigenvalue weighted by atomic mass is 9.81. The van der Waals surface area contributed by atoms with E-state index in [9.17, 15) is 14.4 Å². The summed E-state index contributed by atoms with van der Waals surface area (Å²) in [6.45, 7) is 3.97. The number of hydrogen-bond acceptors (Lipinski definition) is 3. The van der Waals surface area contributed by atoms with Gasteiger partial charge in [-0.25, -0.2) is 0 Å². The van der Waals surface area contributed by atoms with Gasteiger partial charge in [-0.2, -0.15) is 0 Å². The van der Waals surface area contributed by atoms with Gasteiger partial charge in [-0.15, -0.1) is 0 Å². The van der Waals surface area contributed by atoms with Crippen molar-refractivity contribution in [3.63, 3.8) is 0 Å². The Balaban J connectivity index is 1.61. The Bertz CT molecular complexity index is 832. The fraction of sp³-hybridized carbons (Fsp3) is 0.571. The zero-order valence-electron chi connectivity index (χ0n) is 16.1. The van der Waals surface area contributed by atoms with Gasteiger partial charge in [-0.05, 0) is 48.8 Å². The highest BCUT2D eigenvalue weighted by molar-refractivity contribution is 9.12. The van der Waals surface area contributed by atoms with Crippen LogP contribution in [-0.4, -0.2) is 38.3 Å². The molecule has 1 aromatic rings. The van der Waals surface area contributed by atoms with Crippen molar-refractivity contribution in [3.8, 4) is 0 Å². The minimum Gasteiger partial charge on any atom is -0.324 e. The average molecular weight is 547 g/mol. The highest BCUT2D eigenvalue weighted by Crippen LogP contribution is 2.60. The predicted octanol–water partition coefficient (Wildman–Crippen LogP) is 4.47. The number of benzene rings is 1. The number of anilines is 1. The molecular formula is C21H23Br2ClN2O3. The molecule has 2 bridgehead atoms. The van der Waals surface area contributed by atoms with Crippen molar-refractivity contribution in [2.75, 3.05) is 5.32 Å². The second-order valence-electron chi connectivity index (χ2n) is 8.70. The van der Waals surface area contributed by atoms with Crippen LogP contribution in [0.2, 0.25) is 5.02 Å². The van der Waals surface area contributed by atoms with E-state index in [0.717, 1.165) is 6.42 Å². The first kappa shape index (κ1) is 21.3. The molecule has 7 atom stereocenters. The van der Waals surface area contributed by atoms with E-state index in [1.165, 1.54) is 4.90 Å². The standard InChI is InChI=1S/C21H23Br2ClN2O3/c1-9(2)6-14(19(27)25-11-5-3-4-10(24)7-11)26-20(28)15-12-8-13(16(15)21(26)29)18(23)17(12)22/h3-5,7,9,12-18H,6,8H2,1-2H3,(H,25,27). The Morgan fingerprint density at radius 2 is 1.76 bits per heavy atom. The van der Waals surface area contributed by atoms with Crippen LogP contribution in [0.15, 0.2) is 24.3 Å². The topological polar surface area (TPSA) is 66.5 Å². The van der Waals surface area contributed by atoms with Crippen LogP contribution in [0, 0.1) is 29.6 Å². The monoisotopic (exact) mass is 544 g/mol. The molecule has 1 N–H and O–H groups in total. The molecule has 3 aliphatic rings. The van der Waals surface area contributed by atoms with Gasteiger partial charge in [0, 0.05) is 20.4 Å². The minimum atomic E-state index is -0.818. The van der Waals surface area contributed by atoms with Crippen molar-refractivity contribution in [2.24, 2.45) is 29.6 Å². The second kappa shape index (κ2) is 7.97. The molecule has 0 radical (unpaired) electrons. The molecule has 0 spiro atoms. The van der Waals surface area contributed by atoms with Gasteiger partial charge in [0.2, 0.25) is 17.7 Å². The highest BCUT2D eigenvalue weighted by Gasteiger charge is 2.67. The number of amides is 3. The molecular weight excluding hydrogens is 524 g/mol. The van der Waals surface area contributed by atoms with E-state index in [1.54, 1.807) is 24.3 Å². The SMILES string of the molecule is CC(C)CC(C(=O)Nc1cccc(Cl)c1)N1C(=O)C2C3CC(C(Br)C3Br)C2C1=O. The van der Waals surface area contributed by atoms with Crippen molar-refractivity contribution in [2.45, 2.75) is 42.4 Å². The fourth-order valence-corrected chi connectivity index (χ4v) is 7.31. The molecule has 8 heteroatoms. The Morgan fingerprint density at radius 3 is 2.28 bits per heavy atom. The molecule has 1 aromatic carbocycles. The molecule has 7 unspecified atom stereocenters. The molecule has 1 saturated heterocycles. The molecule has 29 heavy (non-hydrogen) atoms. The molecule has 2 aliphatic carbocycles. The first-order valence-electron chi connectivity index (χ1n) is 9.92. The zero-order chi connectivity index (χ0) is 21.0. The predicted molar refractivity (Wildman–Crippen MR) is 119 cm³/mol. The van der Waals surface area contributed by atoms with Crippen LogP contribution in [-0.2, 0) is 14.4 Å². The van der Waals surface area contributed by atoms with E-state index in [0.29, 0.717) is 17.1 Å². The average Bonchev–Trinajstić information content (AvgIpc) is 3.25. The number of carbonyl (C=O) groups is 3. The number of nitrogens with zero attached hydrogens (tertiary/aromatic N) is 1. The third kappa shape index (κ3) is 3.57. The summed E-state index contributed by atoms with van der Waals surface area (Å²) in [5.74, 6) is -0.959. The highest BCUT2D eigenvalue weighted by atomic mass is 79.9. The number of fused-ring (bicyclic) bond motifs is 5. The maximum Gasteiger partial charge on any atom is 0.247 e. The smallest absolute Gasteiger partial charge is 0.247 e. The van der Waals surface area contributed by atoms with Crippen LogP contribution < -0.4 is 5.32 Å². The van der Waals surface area contributed by atoms with Crippen molar-refractivity contribution < 1.29 is 14.4 Å². The molecule has 3 amide bonds. The second-order valence-corrected chi connectivity index (χ2v) is 11.2. The lowest BCUT2D eigenvalue weighted by Gasteiger charge is -2.28. The Morgan fingerprint density at radius 1 is 1.17 bits per heavy atom. The number of imide groups is 1. The summed E-state index contributed by atoms with van der Waals surface area (Å²) in [7, 11) is 0. The van der Waals surface area contributed by atoms with Crippen LogP contribution in [0.5, 0.6) is 0 Å². The summed E-state index contributed by atoms with van der Waals surface area (Å²) in [4.78, 5) is 41.4. The number of likely N-dealkylation sites (tertiary alicyclic amines) is 1. The zero-order valence-corrected chi connectivity index (χ0v) is 20.1. The number of halogens is 3. The van der Waals surface area contributed by atoms with Crippen molar-refractivity contribution in [1.82, 2.24) is 4.90 Å².